The van der Waals surface area contributed by atoms with Crippen molar-refractivity contribution < 1.29 is 14.6 Å². The second-order valence-electron chi connectivity index (χ2n) is 7.87. The van der Waals surface area contributed by atoms with Crippen molar-refractivity contribution in [3.8, 4) is 22.9 Å². The fourth-order valence-electron chi connectivity index (χ4n) is 3.99. The van der Waals surface area contributed by atoms with Crippen molar-refractivity contribution in [3.63, 3.8) is 0 Å². The van der Waals surface area contributed by atoms with Crippen LogP contribution in [0.4, 0.5) is 10.6 Å². The molecule has 1 aliphatic rings. The first kappa shape index (κ1) is 20.5. The number of anilines is 1. The quantitative estimate of drug-likeness (QED) is 0.651. The molecule has 9 nitrogen and oxygen atoms in total. The van der Waals surface area contributed by atoms with Crippen molar-refractivity contribution in [2.45, 2.75) is 32.2 Å². The molecule has 2 N–H and O–H groups in total. The summed E-state index contributed by atoms with van der Waals surface area (Å²) in [6, 6.07) is 8.03. The van der Waals surface area contributed by atoms with E-state index in [0.717, 1.165) is 16.9 Å². The van der Waals surface area contributed by atoms with Crippen molar-refractivity contribution in [1.82, 2.24) is 19.9 Å². The summed E-state index contributed by atoms with van der Waals surface area (Å²) in [5.41, 5.74) is 2.48. The summed E-state index contributed by atoms with van der Waals surface area (Å²) in [7, 11) is 0. The fraction of sp³-hybridized carbons (Fsp3) is 0.364. The number of fused-ring (bicyclic) bond motifs is 1. The van der Waals surface area contributed by atoms with Gasteiger partial charge in [0.15, 0.2) is 0 Å². The summed E-state index contributed by atoms with van der Waals surface area (Å²) in [5.74, 6) is 1.51. The average molecular weight is 420 g/mol. The molecule has 3 aromatic heterocycles. The number of rotatable bonds is 5. The lowest BCUT2D eigenvalue weighted by Crippen LogP contribution is -2.53. The summed E-state index contributed by atoms with van der Waals surface area (Å²) < 4.78 is 7.33. The van der Waals surface area contributed by atoms with Gasteiger partial charge in [0.25, 0.3) is 0 Å². The van der Waals surface area contributed by atoms with Gasteiger partial charge in [-0.2, -0.15) is 10.4 Å². The van der Waals surface area contributed by atoms with Crippen LogP contribution in [0.15, 0.2) is 36.8 Å². The maximum Gasteiger partial charge on any atom is 0.405 e. The largest absolute Gasteiger partial charge is 0.492 e. The molecule has 0 atom stereocenters. The Morgan fingerprint density at radius 1 is 1.35 bits per heavy atom. The van der Waals surface area contributed by atoms with Crippen LogP contribution in [-0.4, -0.2) is 51.0 Å². The highest BCUT2D eigenvalue weighted by Crippen LogP contribution is 2.32. The van der Waals surface area contributed by atoms with Gasteiger partial charge < -0.3 is 20.1 Å². The van der Waals surface area contributed by atoms with Crippen LogP contribution in [0, 0.1) is 11.3 Å². The van der Waals surface area contributed by atoms with Crippen LogP contribution in [-0.2, 0) is 0 Å². The average Bonchev–Trinajstić information content (AvgIpc) is 3.16. The molecule has 0 radical (unpaired) electrons. The van der Waals surface area contributed by atoms with E-state index in [2.05, 4.69) is 26.4 Å². The van der Waals surface area contributed by atoms with Gasteiger partial charge in [-0.05, 0) is 44.9 Å². The number of nitrogens with zero attached hydrogens (tertiary/aromatic N) is 5. The van der Waals surface area contributed by atoms with Crippen molar-refractivity contribution in [2.75, 3.05) is 24.6 Å². The molecule has 0 unspecified atom stereocenters. The summed E-state index contributed by atoms with van der Waals surface area (Å²) in [6.45, 7) is 5.81. The molecule has 0 bridgehead atoms. The molecule has 31 heavy (non-hydrogen) atoms. The van der Waals surface area contributed by atoms with Crippen LogP contribution < -0.4 is 15.0 Å². The Bertz CT molecular complexity index is 1140. The fourth-order valence-corrected chi connectivity index (χ4v) is 3.99. The van der Waals surface area contributed by atoms with E-state index in [-0.39, 0.29) is 0 Å². The molecule has 0 aliphatic carbocycles. The third-order valence-electron chi connectivity index (χ3n) is 5.68. The molecule has 1 fully saturated rings. The number of amides is 1. The SMILES string of the molecule is CCOc1cc(-c2ccc(N3CCC(C)(NC(=O)O)CC3)nc2)c2c(C#N)cnn2c1. The molecule has 1 aliphatic heterocycles. The van der Waals surface area contributed by atoms with Gasteiger partial charge in [-0.15, -0.1) is 0 Å². The number of ether oxygens (including phenoxy) is 1. The zero-order chi connectivity index (χ0) is 22.0. The highest BCUT2D eigenvalue weighted by atomic mass is 16.5. The summed E-state index contributed by atoms with van der Waals surface area (Å²) in [5, 5.41) is 25.4. The Morgan fingerprint density at radius 2 is 2.13 bits per heavy atom. The number of piperidine rings is 1. The molecule has 160 valence electrons. The Kier molecular flexibility index (Phi) is 5.38. The second kappa shape index (κ2) is 8.14. The van der Waals surface area contributed by atoms with E-state index >= 15 is 0 Å². The van der Waals surface area contributed by atoms with Crippen molar-refractivity contribution >= 4 is 17.4 Å². The van der Waals surface area contributed by atoms with Crippen molar-refractivity contribution in [3.05, 3.63) is 42.4 Å². The van der Waals surface area contributed by atoms with Gasteiger partial charge in [0.1, 0.15) is 17.6 Å². The van der Waals surface area contributed by atoms with Crippen LogP contribution >= 0.6 is 0 Å². The Hall–Kier alpha value is -3.80. The number of nitrogens with one attached hydrogen (secondary N) is 1. The molecular formula is C22H24N6O3. The number of nitriles is 1. The van der Waals surface area contributed by atoms with Crippen LogP contribution in [0.5, 0.6) is 5.75 Å². The van der Waals surface area contributed by atoms with Crippen molar-refractivity contribution in [2.24, 2.45) is 0 Å². The minimum Gasteiger partial charge on any atom is -0.492 e. The van der Waals surface area contributed by atoms with Crippen LogP contribution in [0.25, 0.3) is 16.6 Å². The molecule has 0 saturated carbocycles. The zero-order valence-corrected chi connectivity index (χ0v) is 17.5. The van der Waals surface area contributed by atoms with Gasteiger partial charge in [-0.1, -0.05) is 0 Å². The zero-order valence-electron chi connectivity index (χ0n) is 17.5. The van der Waals surface area contributed by atoms with Gasteiger partial charge in [0, 0.05) is 36.0 Å². The summed E-state index contributed by atoms with van der Waals surface area (Å²) in [4.78, 5) is 17.8. The second-order valence-corrected chi connectivity index (χ2v) is 7.87. The van der Waals surface area contributed by atoms with E-state index in [9.17, 15) is 10.1 Å². The number of pyridine rings is 2. The lowest BCUT2D eigenvalue weighted by atomic mass is 9.90. The van der Waals surface area contributed by atoms with Crippen LogP contribution in [0.3, 0.4) is 0 Å². The summed E-state index contributed by atoms with van der Waals surface area (Å²) >= 11 is 0. The van der Waals surface area contributed by atoms with Gasteiger partial charge in [0.05, 0.1) is 30.1 Å². The number of aromatic nitrogens is 3. The Balaban J connectivity index is 1.60. The van der Waals surface area contributed by atoms with E-state index in [0.29, 0.717) is 49.4 Å². The predicted octanol–water partition coefficient (Wildman–Crippen LogP) is 3.29. The molecule has 1 saturated heterocycles. The third-order valence-corrected chi connectivity index (χ3v) is 5.68. The minimum absolute atomic E-state index is 0.413. The topological polar surface area (TPSA) is 116 Å². The maximum atomic E-state index is 11.0. The van der Waals surface area contributed by atoms with E-state index in [4.69, 9.17) is 9.84 Å². The standard InChI is InChI=1S/C22H24N6O3/c1-3-31-17-10-18(20-16(11-23)13-25-28(20)14-17)15-4-5-19(24-12-15)27-8-6-22(2,7-9-27)26-21(29)30/h4-5,10,12-14,26H,3,6-9H2,1-2H3,(H,29,30). The maximum absolute atomic E-state index is 11.0. The Morgan fingerprint density at radius 3 is 2.74 bits per heavy atom. The van der Waals surface area contributed by atoms with Gasteiger partial charge in [-0.25, -0.2) is 14.3 Å². The first-order chi connectivity index (χ1) is 14.9. The smallest absolute Gasteiger partial charge is 0.405 e. The summed E-state index contributed by atoms with van der Waals surface area (Å²) in [6.07, 6.45) is 5.53. The van der Waals surface area contributed by atoms with Gasteiger partial charge >= 0.3 is 6.09 Å². The lowest BCUT2D eigenvalue weighted by molar-refractivity contribution is 0.173. The molecule has 0 aromatic carbocycles. The normalized spacial score (nSPS) is 15.5. The highest BCUT2D eigenvalue weighted by molar-refractivity contribution is 5.85. The van der Waals surface area contributed by atoms with Gasteiger partial charge in [-0.3, -0.25) is 0 Å². The first-order valence-corrected chi connectivity index (χ1v) is 10.2. The number of carbonyl (C=O) groups is 1. The molecule has 0 spiro atoms. The predicted molar refractivity (Wildman–Crippen MR) is 115 cm³/mol. The molecular weight excluding hydrogens is 396 g/mol. The number of hydrogen-bond donors (Lipinski definition) is 2. The van der Waals surface area contributed by atoms with E-state index in [1.54, 1.807) is 23.1 Å². The monoisotopic (exact) mass is 420 g/mol. The van der Waals surface area contributed by atoms with Crippen LogP contribution in [0.1, 0.15) is 32.3 Å². The molecule has 3 aromatic rings. The molecule has 9 heteroatoms. The lowest BCUT2D eigenvalue weighted by Gasteiger charge is -2.39. The van der Waals surface area contributed by atoms with Crippen molar-refractivity contribution in [1.29, 1.82) is 5.26 Å². The molecule has 4 rings (SSSR count). The molecule has 4 heterocycles. The van der Waals surface area contributed by atoms with E-state index < -0.39 is 11.6 Å². The molecule has 1 amide bonds. The van der Waals surface area contributed by atoms with E-state index in [1.165, 1.54) is 0 Å². The first-order valence-electron chi connectivity index (χ1n) is 10.2. The minimum atomic E-state index is -0.990. The highest BCUT2D eigenvalue weighted by Gasteiger charge is 2.31. The van der Waals surface area contributed by atoms with Gasteiger partial charge in [0.2, 0.25) is 0 Å². The van der Waals surface area contributed by atoms with Crippen LogP contribution in [0.2, 0.25) is 0 Å². The third kappa shape index (κ3) is 4.10. The number of hydrogen-bond acceptors (Lipinski definition) is 6. The number of carboxylic acid groups (broad SMARTS) is 1. The van der Waals surface area contributed by atoms with E-state index in [1.807, 2.05) is 32.0 Å². The Labute approximate surface area is 179 Å².